The van der Waals surface area contributed by atoms with E-state index in [1.54, 1.807) is 0 Å². The van der Waals surface area contributed by atoms with Crippen LogP contribution in [-0.4, -0.2) is 11.0 Å². The Morgan fingerprint density at radius 3 is 2.60 bits per heavy atom. The molecule has 0 fully saturated rings. The predicted octanol–water partition coefficient (Wildman–Crippen LogP) is 2.49. The number of anilines is 1. The number of benzene rings is 2. The highest BCUT2D eigenvalue weighted by atomic mass is 32.2. The van der Waals surface area contributed by atoms with Crippen molar-refractivity contribution >= 4 is 28.4 Å². The van der Waals surface area contributed by atoms with E-state index in [1.165, 1.54) is 11.8 Å². The summed E-state index contributed by atoms with van der Waals surface area (Å²) >= 11 is 1.45. The lowest BCUT2D eigenvalue weighted by Gasteiger charge is -2.19. The zero-order chi connectivity index (χ0) is 13.6. The maximum absolute atomic E-state index is 12.4. The summed E-state index contributed by atoms with van der Waals surface area (Å²) in [7, 11) is 0. The van der Waals surface area contributed by atoms with Crippen molar-refractivity contribution in [1.29, 1.82) is 0 Å². The second kappa shape index (κ2) is 4.11. The van der Waals surface area contributed by atoms with E-state index >= 15 is 0 Å². The van der Waals surface area contributed by atoms with Crippen LogP contribution in [0, 0.1) is 0 Å². The molecule has 0 aliphatic carbocycles. The molecule has 1 atom stereocenters. The first-order chi connectivity index (χ1) is 9.79. The molecule has 0 aromatic heterocycles. The van der Waals surface area contributed by atoms with Gasteiger partial charge in [0, 0.05) is 16.8 Å². The third-order valence-corrected chi connectivity index (χ3v) is 4.78. The number of amides is 1. The first-order valence-electron chi connectivity index (χ1n) is 6.30. The normalized spacial score (nSPS) is 23.2. The lowest BCUT2D eigenvalue weighted by atomic mass is 10.1. The Labute approximate surface area is 120 Å². The molecule has 5 heteroatoms. The number of nitrogens with one attached hydrogen (secondary N) is 2. The number of hydrazone groups is 1. The van der Waals surface area contributed by atoms with Crippen LogP contribution in [0.15, 0.2) is 59.7 Å². The van der Waals surface area contributed by atoms with Crippen molar-refractivity contribution in [3.63, 3.8) is 0 Å². The molecule has 0 bridgehead atoms. The number of carbonyl (C=O) groups is 1. The maximum atomic E-state index is 12.4. The molecule has 20 heavy (non-hydrogen) atoms. The fourth-order valence-electron chi connectivity index (χ4n) is 2.47. The number of rotatable bonds is 1. The summed E-state index contributed by atoms with van der Waals surface area (Å²) in [5, 5.41) is 8.10. The van der Waals surface area contributed by atoms with Crippen LogP contribution < -0.4 is 10.7 Å². The van der Waals surface area contributed by atoms with E-state index in [-0.39, 0.29) is 5.91 Å². The molecule has 2 heterocycles. The zero-order valence-corrected chi connectivity index (χ0v) is 11.3. The topological polar surface area (TPSA) is 53.5 Å². The van der Waals surface area contributed by atoms with Crippen molar-refractivity contribution in [3.05, 3.63) is 65.7 Å². The summed E-state index contributed by atoms with van der Waals surface area (Å²) in [6, 6.07) is 17.6. The van der Waals surface area contributed by atoms with Crippen LogP contribution in [0.2, 0.25) is 0 Å². The summed E-state index contributed by atoms with van der Waals surface area (Å²) in [5.74, 6) is -0.0709. The van der Waals surface area contributed by atoms with Gasteiger partial charge in [-0.15, -0.1) is 0 Å². The highest BCUT2D eigenvalue weighted by molar-refractivity contribution is 8.16. The molecule has 1 amide bonds. The van der Waals surface area contributed by atoms with Crippen LogP contribution in [0.25, 0.3) is 0 Å². The van der Waals surface area contributed by atoms with E-state index in [9.17, 15) is 4.79 Å². The van der Waals surface area contributed by atoms with Gasteiger partial charge >= 0.3 is 0 Å². The van der Waals surface area contributed by atoms with Gasteiger partial charge in [-0.05, 0) is 6.07 Å². The molecule has 2 aliphatic heterocycles. The second-order valence-electron chi connectivity index (χ2n) is 4.68. The number of hydrogen-bond donors (Lipinski definition) is 2. The van der Waals surface area contributed by atoms with Gasteiger partial charge in [0.1, 0.15) is 5.04 Å². The fourth-order valence-corrected chi connectivity index (χ4v) is 3.63. The van der Waals surface area contributed by atoms with Gasteiger partial charge < -0.3 is 5.32 Å². The SMILES string of the molecule is O=C1Nc2ccccc2C12NN=C(c1ccccc1)S2. The molecular formula is C15H11N3OS. The van der Waals surface area contributed by atoms with Crippen LogP contribution in [-0.2, 0) is 9.67 Å². The molecule has 0 saturated carbocycles. The van der Waals surface area contributed by atoms with Crippen molar-refractivity contribution in [1.82, 2.24) is 5.43 Å². The van der Waals surface area contributed by atoms with Gasteiger partial charge in [-0.2, -0.15) is 5.10 Å². The summed E-state index contributed by atoms with van der Waals surface area (Å²) < 4.78 is 0. The smallest absolute Gasteiger partial charge is 0.267 e. The van der Waals surface area contributed by atoms with E-state index in [2.05, 4.69) is 15.8 Å². The van der Waals surface area contributed by atoms with E-state index in [1.807, 2.05) is 54.6 Å². The lowest BCUT2D eigenvalue weighted by molar-refractivity contribution is -0.118. The van der Waals surface area contributed by atoms with Gasteiger partial charge in [-0.1, -0.05) is 60.3 Å². The number of para-hydroxylation sites is 1. The van der Waals surface area contributed by atoms with Gasteiger partial charge in [0.2, 0.25) is 4.87 Å². The minimum atomic E-state index is -0.832. The predicted molar refractivity (Wildman–Crippen MR) is 80.5 cm³/mol. The van der Waals surface area contributed by atoms with Crippen LogP contribution in [0.3, 0.4) is 0 Å². The highest BCUT2D eigenvalue weighted by Crippen LogP contribution is 2.47. The lowest BCUT2D eigenvalue weighted by Crippen LogP contribution is -2.39. The van der Waals surface area contributed by atoms with E-state index in [0.29, 0.717) is 0 Å². The molecule has 4 rings (SSSR count). The van der Waals surface area contributed by atoms with Crippen LogP contribution in [0.1, 0.15) is 11.1 Å². The maximum Gasteiger partial charge on any atom is 0.267 e. The zero-order valence-electron chi connectivity index (χ0n) is 10.5. The molecule has 2 aromatic carbocycles. The van der Waals surface area contributed by atoms with Crippen molar-refractivity contribution in [2.75, 3.05) is 5.32 Å². The summed E-state index contributed by atoms with van der Waals surface area (Å²) in [6.07, 6.45) is 0. The molecule has 0 radical (unpaired) electrons. The van der Waals surface area contributed by atoms with Gasteiger partial charge in [-0.25, -0.2) is 0 Å². The minimum Gasteiger partial charge on any atom is -0.323 e. The fraction of sp³-hybridized carbons (Fsp3) is 0.0667. The molecule has 1 unspecified atom stereocenters. The van der Waals surface area contributed by atoms with Crippen LogP contribution >= 0.6 is 11.8 Å². The Morgan fingerprint density at radius 2 is 1.75 bits per heavy atom. The molecular weight excluding hydrogens is 270 g/mol. The monoisotopic (exact) mass is 281 g/mol. The van der Waals surface area contributed by atoms with Gasteiger partial charge in [-0.3, -0.25) is 10.2 Å². The third kappa shape index (κ3) is 1.50. The average molecular weight is 281 g/mol. The first kappa shape index (κ1) is 11.5. The molecule has 4 nitrogen and oxygen atoms in total. The van der Waals surface area contributed by atoms with Crippen LogP contribution in [0.5, 0.6) is 0 Å². The Bertz CT molecular complexity index is 729. The van der Waals surface area contributed by atoms with Crippen molar-refractivity contribution < 1.29 is 4.79 Å². The molecule has 2 N–H and O–H groups in total. The highest BCUT2D eigenvalue weighted by Gasteiger charge is 2.51. The number of fused-ring (bicyclic) bond motifs is 2. The molecule has 1 spiro atoms. The standard InChI is InChI=1S/C15H11N3OS/c19-14-15(11-8-4-5-9-12(11)16-14)18-17-13(20-15)10-6-2-1-3-7-10/h1-9,18H,(H,16,19). The molecule has 98 valence electrons. The molecule has 2 aliphatic rings. The Hall–Kier alpha value is -2.27. The third-order valence-electron chi connectivity index (χ3n) is 3.46. The minimum absolute atomic E-state index is 0.0709. The summed E-state index contributed by atoms with van der Waals surface area (Å²) in [6.45, 7) is 0. The average Bonchev–Trinajstić information content (AvgIpc) is 3.05. The van der Waals surface area contributed by atoms with Gasteiger partial charge in [0.15, 0.2) is 0 Å². The number of thioether (sulfide) groups is 1. The van der Waals surface area contributed by atoms with Crippen molar-refractivity contribution in [3.8, 4) is 0 Å². The van der Waals surface area contributed by atoms with Crippen molar-refractivity contribution in [2.45, 2.75) is 4.87 Å². The first-order valence-corrected chi connectivity index (χ1v) is 7.11. The number of nitrogens with zero attached hydrogens (tertiary/aromatic N) is 1. The number of carbonyl (C=O) groups excluding carboxylic acids is 1. The summed E-state index contributed by atoms with van der Waals surface area (Å²) in [4.78, 5) is 11.5. The molecule has 0 saturated heterocycles. The molecule has 2 aromatic rings. The van der Waals surface area contributed by atoms with Crippen LogP contribution in [0.4, 0.5) is 5.69 Å². The Kier molecular flexibility index (Phi) is 2.37. The quantitative estimate of drug-likeness (QED) is 0.844. The summed E-state index contributed by atoms with van der Waals surface area (Å²) in [5.41, 5.74) is 5.82. The van der Waals surface area contributed by atoms with E-state index in [0.717, 1.165) is 21.9 Å². The Balaban J connectivity index is 1.74. The van der Waals surface area contributed by atoms with E-state index < -0.39 is 4.87 Å². The largest absolute Gasteiger partial charge is 0.323 e. The Morgan fingerprint density at radius 1 is 1.00 bits per heavy atom. The van der Waals surface area contributed by atoms with Gasteiger partial charge in [0.05, 0.1) is 0 Å². The van der Waals surface area contributed by atoms with Crippen molar-refractivity contribution in [2.24, 2.45) is 5.10 Å². The van der Waals surface area contributed by atoms with E-state index in [4.69, 9.17) is 0 Å². The second-order valence-corrected chi connectivity index (χ2v) is 5.88. The number of hydrogen-bond acceptors (Lipinski definition) is 4. The van der Waals surface area contributed by atoms with Gasteiger partial charge in [0.25, 0.3) is 5.91 Å².